The first-order valence-corrected chi connectivity index (χ1v) is 6.89. The van der Waals surface area contributed by atoms with Gasteiger partial charge in [0.1, 0.15) is 5.69 Å². The summed E-state index contributed by atoms with van der Waals surface area (Å²) in [6.45, 7) is 2.99. The van der Waals surface area contributed by atoms with E-state index in [9.17, 15) is 0 Å². The molecule has 1 heterocycles. The first-order chi connectivity index (χ1) is 8.72. The van der Waals surface area contributed by atoms with Gasteiger partial charge in [-0.25, -0.2) is 4.98 Å². The smallest absolute Gasteiger partial charge is 0.152 e. The molecule has 0 bridgehead atoms. The number of hydrogen-bond acceptors (Lipinski definition) is 3. The zero-order valence-corrected chi connectivity index (χ0v) is 12.3. The molecule has 0 radical (unpaired) electrons. The topological polar surface area (TPSA) is 37.8 Å². The standard InChI is InChI=1S/C13H13BrClN3/c1-2-5-17-13-12(16-6-7-18-13)9-3-4-11(15)10(14)8-9/h3-4,6-8H,2,5H2,1H3,(H,17,18). The van der Waals surface area contributed by atoms with Crippen LogP contribution in [0.15, 0.2) is 35.1 Å². The van der Waals surface area contributed by atoms with Gasteiger partial charge in [-0.2, -0.15) is 0 Å². The lowest BCUT2D eigenvalue weighted by atomic mass is 10.1. The minimum Gasteiger partial charge on any atom is -0.368 e. The minimum atomic E-state index is 0.686. The highest BCUT2D eigenvalue weighted by Crippen LogP contribution is 2.30. The summed E-state index contributed by atoms with van der Waals surface area (Å²) in [5.41, 5.74) is 1.82. The molecular formula is C13H13BrClN3. The first-order valence-electron chi connectivity index (χ1n) is 5.72. The van der Waals surface area contributed by atoms with Crippen molar-refractivity contribution in [2.75, 3.05) is 11.9 Å². The Balaban J connectivity index is 2.39. The maximum Gasteiger partial charge on any atom is 0.152 e. The molecule has 0 amide bonds. The molecular weight excluding hydrogens is 314 g/mol. The predicted molar refractivity (Wildman–Crippen MR) is 79.0 cm³/mol. The zero-order valence-electron chi connectivity index (χ0n) is 9.95. The lowest BCUT2D eigenvalue weighted by molar-refractivity contribution is 0.966. The van der Waals surface area contributed by atoms with Gasteiger partial charge in [-0.1, -0.05) is 24.6 Å². The van der Waals surface area contributed by atoms with Gasteiger partial charge in [-0.3, -0.25) is 4.98 Å². The Morgan fingerprint density at radius 3 is 2.78 bits per heavy atom. The van der Waals surface area contributed by atoms with Crippen LogP contribution < -0.4 is 5.32 Å². The number of nitrogens with zero attached hydrogens (tertiary/aromatic N) is 2. The van der Waals surface area contributed by atoms with Crippen molar-refractivity contribution in [3.63, 3.8) is 0 Å². The average molecular weight is 327 g/mol. The van der Waals surface area contributed by atoms with Crippen LogP contribution in [0.5, 0.6) is 0 Å². The van der Waals surface area contributed by atoms with Crippen molar-refractivity contribution in [2.24, 2.45) is 0 Å². The number of aromatic nitrogens is 2. The SMILES string of the molecule is CCCNc1nccnc1-c1ccc(Cl)c(Br)c1. The molecule has 0 aliphatic carbocycles. The van der Waals surface area contributed by atoms with Gasteiger partial charge in [0.25, 0.3) is 0 Å². The molecule has 0 atom stereocenters. The molecule has 0 unspecified atom stereocenters. The van der Waals surface area contributed by atoms with Gasteiger partial charge in [-0.05, 0) is 34.5 Å². The van der Waals surface area contributed by atoms with Gasteiger partial charge in [0, 0.05) is 29.0 Å². The Labute approximate surface area is 120 Å². The van der Waals surface area contributed by atoms with Crippen LogP contribution in [0.25, 0.3) is 11.3 Å². The van der Waals surface area contributed by atoms with Crippen LogP contribution in [-0.2, 0) is 0 Å². The predicted octanol–water partition coefficient (Wildman–Crippen LogP) is 4.38. The Hall–Kier alpha value is -1.13. The Kier molecular flexibility index (Phi) is 4.55. The van der Waals surface area contributed by atoms with Crippen molar-refractivity contribution in [3.05, 3.63) is 40.1 Å². The quantitative estimate of drug-likeness (QED) is 0.906. The summed E-state index contributed by atoms with van der Waals surface area (Å²) < 4.78 is 0.855. The van der Waals surface area contributed by atoms with E-state index >= 15 is 0 Å². The Bertz CT molecular complexity index is 546. The van der Waals surface area contributed by atoms with Crippen molar-refractivity contribution in [2.45, 2.75) is 13.3 Å². The average Bonchev–Trinajstić information content (AvgIpc) is 2.40. The Morgan fingerprint density at radius 2 is 2.06 bits per heavy atom. The van der Waals surface area contributed by atoms with Crippen molar-refractivity contribution >= 4 is 33.3 Å². The van der Waals surface area contributed by atoms with E-state index in [4.69, 9.17) is 11.6 Å². The van der Waals surface area contributed by atoms with Gasteiger partial charge in [0.15, 0.2) is 5.82 Å². The second-order valence-corrected chi connectivity index (χ2v) is 5.07. The highest BCUT2D eigenvalue weighted by molar-refractivity contribution is 9.10. The van der Waals surface area contributed by atoms with Gasteiger partial charge in [0.05, 0.1) is 5.02 Å². The Morgan fingerprint density at radius 1 is 1.28 bits per heavy atom. The third-order valence-corrected chi connectivity index (χ3v) is 3.65. The summed E-state index contributed by atoms with van der Waals surface area (Å²) in [5.74, 6) is 0.800. The largest absolute Gasteiger partial charge is 0.368 e. The van der Waals surface area contributed by atoms with Crippen LogP contribution in [0.3, 0.4) is 0 Å². The monoisotopic (exact) mass is 325 g/mol. The molecule has 2 aromatic rings. The highest BCUT2D eigenvalue weighted by atomic mass is 79.9. The van der Waals surface area contributed by atoms with Crippen molar-refractivity contribution in [1.82, 2.24) is 9.97 Å². The lowest BCUT2D eigenvalue weighted by Gasteiger charge is -2.09. The lowest BCUT2D eigenvalue weighted by Crippen LogP contribution is -2.04. The fraction of sp³-hybridized carbons (Fsp3) is 0.231. The molecule has 1 aromatic heterocycles. The molecule has 1 aromatic carbocycles. The second-order valence-electron chi connectivity index (χ2n) is 3.81. The molecule has 3 nitrogen and oxygen atoms in total. The van der Waals surface area contributed by atoms with E-state index in [1.165, 1.54) is 0 Å². The van der Waals surface area contributed by atoms with Gasteiger partial charge in [-0.15, -0.1) is 0 Å². The number of anilines is 1. The van der Waals surface area contributed by atoms with Gasteiger partial charge >= 0.3 is 0 Å². The van der Waals surface area contributed by atoms with E-state index in [0.29, 0.717) is 5.02 Å². The van der Waals surface area contributed by atoms with E-state index in [2.05, 4.69) is 38.1 Å². The normalized spacial score (nSPS) is 10.4. The molecule has 94 valence electrons. The van der Waals surface area contributed by atoms with E-state index in [1.807, 2.05) is 18.2 Å². The molecule has 0 aliphatic rings. The van der Waals surface area contributed by atoms with E-state index in [-0.39, 0.29) is 0 Å². The van der Waals surface area contributed by atoms with Crippen molar-refractivity contribution in [3.8, 4) is 11.3 Å². The molecule has 0 fully saturated rings. The molecule has 1 N–H and O–H groups in total. The number of hydrogen-bond donors (Lipinski definition) is 1. The number of benzene rings is 1. The van der Waals surface area contributed by atoms with Crippen LogP contribution in [0, 0.1) is 0 Å². The maximum absolute atomic E-state index is 5.99. The van der Waals surface area contributed by atoms with E-state index in [0.717, 1.165) is 34.5 Å². The third kappa shape index (κ3) is 3.00. The molecule has 5 heteroatoms. The van der Waals surface area contributed by atoms with Crippen molar-refractivity contribution in [1.29, 1.82) is 0 Å². The highest BCUT2D eigenvalue weighted by Gasteiger charge is 2.08. The number of nitrogens with one attached hydrogen (secondary N) is 1. The summed E-state index contributed by atoms with van der Waals surface area (Å²) in [4.78, 5) is 8.71. The number of halogens is 2. The third-order valence-electron chi connectivity index (χ3n) is 2.43. The molecule has 0 spiro atoms. The number of rotatable bonds is 4. The van der Waals surface area contributed by atoms with Crippen LogP contribution in [-0.4, -0.2) is 16.5 Å². The van der Waals surface area contributed by atoms with Gasteiger partial charge in [0.2, 0.25) is 0 Å². The summed E-state index contributed by atoms with van der Waals surface area (Å²) in [6.07, 6.45) is 4.42. The molecule has 0 saturated carbocycles. The summed E-state index contributed by atoms with van der Waals surface area (Å²) in [6, 6.07) is 5.73. The second kappa shape index (κ2) is 6.16. The summed E-state index contributed by atoms with van der Waals surface area (Å²) in [7, 11) is 0. The fourth-order valence-electron chi connectivity index (χ4n) is 1.57. The van der Waals surface area contributed by atoms with E-state index < -0.39 is 0 Å². The van der Waals surface area contributed by atoms with Crippen LogP contribution in [0.4, 0.5) is 5.82 Å². The molecule has 18 heavy (non-hydrogen) atoms. The summed E-state index contributed by atoms with van der Waals surface area (Å²) in [5, 5.41) is 3.96. The molecule has 2 rings (SSSR count). The van der Waals surface area contributed by atoms with Crippen molar-refractivity contribution < 1.29 is 0 Å². The summed E-state index contributed by atoms with van der Waals surface area (Å²) >= 11 is 9.41. The van der Waals surface area contributed by atoms with Gasteiger partial charge < -0.3 is 5.32 Å². The fourth-order valence-corrected chi connectivity index (χ4v) is 2.06. The van der Waals surface area contributed by atoms with E-state index in [1.54, 1.807) is 12.4 Å². The van der Waals surface area contributed by atoms with Crippen LogP contribution in [0.1, 0.15) is 13.3 Å². The minimum absolute atomic E-state index is 0.686. The maximum atomic E-state index is 5.99. The first kappa shape index (κ1) is 13.3. The zero-order chi connectivity index (χ0) is 13.0. The van der Waals surface area contributed by atoms with Crippen LogP contribution in [0.2, 0.25) is 5.02 Å². The molecule has 0 aliphatic heterocycles. The van der Waals surface area contributed by atoms with Crippen LogP contribution >= 0.6 is 27.5 Å². The molecule has 0 saturated heterocycles.